The number of nitrogens with zero attached hydrogens (tertiary/aromatic N) is 1. The monoisotopic (exact) mass is 418 g/mol. The van der Waals surface area contributed by atoms with Crippen molar-refractivity contribution in [1.29, 1.82) is 0 Å². The second kappa shape index (κ2) is 6.15. The average Bonchev–Trinajstić information content (AvgIpc) is 3.34. The summed E-state index contributed by atoms with van der Waals surface area (Å²) in [4.78, 5) is 43.8. The van der Waals surface area contributed by atoms with Crippen LogP contribution in [-0.2, 0) is 9.59 Å². The molecule has 9 heteroatoms. The molecule has 0 radical (unpaired) electrons. The predicted molar refractivity (Wildman–Crippen MR) is 103 cm³/mol. The molecule has 136 valence electrons. The largest absolute Gasteiger partial charge is 0.307 e. The van der Waals surface area contributed by atoms with Crippen LogP contribution < -0.4 is 9.77 Å². The normalized spacial score (nSPS) is 24.2. The van der Waals surface area contributed by atoms with Gasteiger partial charge >= 0.3 is 4.87 Å². The van der Waals surface area contributed by atoms with E-state index in [9.17, 15) is 18.8 Å². The molecule has 0 spiro atoms. The highest BCUT2D eigenvalue weighted by atomic mass is 32.2. The van der Waals surface area contributed by atoms with Gasteiger partial charge in [0.2, 0.25) is 11.8 Å². The van der Waals surface area contributed by atoms with Gasteiger partial charge in [-0.1, -0.05) is 29.2 Å². The van der Waals surface area contributed by atoms with Gasteiger partial charge < -0.3 is 4.98 Å². The lowest BCUT2D eigenvalue weighted by molar-refractivity contribution is -0.122. The standard InChI is InChI=1S/C18H11FN2O3S3/c19-8-3-5-9(6-4-8)21-16(22)12-11(10-2-1-7-25-10)13-15(20-18(24)27-13)26-14(12)17(21)23/h1-7,11-12,14H,(H,20,24). The number of thiophene rings is 1. The third-order valence-electron chi connectivity index (χ3n) is 4.76. The second-order valence-corrected chi connectivity index (χ2v) is 9.40. The molecular formula is C18H11FN2O3S3. The Balaban J connectivity index is 1.64. The number of imide groups is 1. The van der Waals surface area contributed by atoms with Gasteiger partial charge in [-0.25, -0.2) is 9.29 Å². The average molecular weight is 418 g/mol. The maximum atomic E-state index is 13.3. The van der Waals surface area contributed by atoms with Gasteiger partial charge in [0.25, 0.3) is 0 Å². The molecule has 2 aliphatic heterocycles. The third kappa shape index (κ3) is 2.53. The SMILES string of the molecule is O=C1C2Sc3[nH]c(=O)sc3C(c3cccs3)C2C(=O)N1c1ccc(F)cc1. The molecule has 2 amide bonds. The maximum absolute atomic E-state index is 13.3. The quantitative estimate of drug-likeness (QED) is 0.648. The number of H-pyrrole nitrogens is 1. The number of amides is 2. The van der Waals surface area contributed by atoms with Gasteiger partial charge in [0.15, 0.2) is 0 Å². The highest BCUT2D eigenvalue weighted by Crippen LogP contribution is 2.53. The number of nitrogens with one attached hydrogen (secondary N) is 1. The Morgan fingerprint density at radius 1 is 1.04 bits per heavy atom. The van der Waals surface area contributed by atoms with Crippen LogP contribution in [0.5, 0.6) is 0 Å². The summed E-state index contributed by atoms with van der Waals surface area (Å²) in [6.07, 6.45) is 0. The molecule has 1 N–H and O–H groups in total. The molecule has 3 atom stereocenters. The summed E-state index contributed by atoms with van der Waals surface area (Å²) in [5, 5.41) is 1.96. The van der Waals surface area contributed by atoms with Gasteiger partial charge in [0.05, 0.1) is 16.6 Å². The number of hydrogen-bond donors (Lipinski definition) is 1. The summed E-state index contributed by atoms with van der Waals surface area (Å²) in [6.45, 7) is 0. The first-order valence-corrected chi connectivity index (χ1v) is 10.7. The summed E-state index contributed by atoms with van der Waals surface area (Å²) in [5.41, 5.74) is 0.364. The van der Waals surface area contributed by atoms with E-state index < -0.39 is 17.0 Å². The molecule has 1 aromatic carbocycles. The lowest BCUT2D eigenvalue weighted by atomic mass is 9.87. The van der Waals surface area contributed by atoms with Gasteiger partial charge in [-0.05, 0) is 35.7 Å². The number of thiazole rings is 1. The molecule has 1 saturated heterocycles. The minimum Gasteiger partial charge on any atom is -0.307 e. The van der Waals surface area contributed by atoms with E-state index in [2.05, 4.69) is 4.98 Å². The number of rotatable bonds is 2. The molecule has 1 fully saturated rings. The lowest BCUT2D eigenvalue weighted by Crippen LogP contribution is -2.32. The summed E-state index contributed by atoms with van der Waals surface area (Å²) in [5.74, 6) is -2.00. The Kier molecular flexibility index (Phi) is 3.85. The fourth-order valence-corrected chi connectivity index (χ4v) is 7.10. The summed E-state index contributed by atoms with van der Waals surface area (Å²) >= 11 is 3.83. The second-order valence-electron chi connectivity index (χ2n) is 6.25. The molecular weight excluding hydrogens is 407 g/mol. The van der Waals surface area contributed by atoms with Crippen LogP contribution in [0.25, 0.3) is 0 Å². The molecule has 0 bridgehead atoms. The van der Waals surface area contributed by atoms with Gasteiger partial charge in [0.1, 0.15) is 11.1 Å². The van der Waals surface area contributed by atoms with Crippen molar-refractivity contribution in [3.05, 3.63) is 67.0 Å². The number of aromatic amines is 1. The zero-order valence-corrected chi connectivity index (χ0v) is 16.0. The van der Waals surface area contributed by atoms with Crippen molar-refractivity contribution in [2.75, 3.05) is 4.90 Å². The number of benzene rings is 1. The van der Waals surface area contributed by atoms with E-state index in [1.54, 1.807) is 0 Å². The first-order valence-electron chi connectivity index (χ1n) is 8.11. The Morgan fingerprint density at radius 2 is 1.81 bits per heavy atom. The fraction of sp³-hybridized carbons (Fsp3) is 0.167. The molecule has 5 nitrogen and oxygen atoms in total. The van der Waals surface area contributed by atoms with Crippen LogP contribution >= 0.6 is 34.4 Å². The van der Waals surface area contributed by atoms with Crippen LogP contribution in [0.3, 0.4) is 0 Å². The Hall–Kier alpha value is -2.23. The molecule has 3 unspecified atom stereocenters. The summed E-state index contributed by atoms with van der Waals surface area (Å²) in [7, 11) is 0. The zero-order valence-electron chi connectivity index (χ0n) is 13.5. The Morgan fingerprint density at radius 3 is 2.52 bits per heavy atom. The number of hydrogen-bond acceptors (Lipinski definition) is 6. The van der Waals surface area contributed by atoms with E-state index >= 15 is 0 Å². The number of aromatic nitrogens is 1. The van der Waals surface area contributed by atoms with Gasteiger partial charge in [-0.3, -0.25) is 14.4 Å². The van der Waals surface area contributed by atoms with Crippen LogP contribution in [0, 0.1) is 11.7 Å². The molecule has 0 aliphatic carbocycles. The van der Waals surface area contributed by atoms with E-state index in [1.807, 2.05) is 17.5 Å². The first-order chi connectivity index (χ1) is 13.0. The summed E-state index contributed by atoms with van der Waals surface area (Å²) < 4.78 is 13.3. The van der Waals surface area contributed by atoms with Crippen LogP contribution in [0.4, 0.5) is 10.1 Å². The van der Waals surface area contributed by atoms with Crippen molar-refractivity contribution < 1.29 is 14.0 Å². The van der Waals surface area contributed by atoms with E-state index in [1.165, 1.54) is 47.4 Å². The van der Waals surface area contributed by atoms with Crippen molar-refractivity contribution in [2.45, 2.75) is 16.2 Å². The molecule has 0 saturated carbocycles. The molecule has 5 rings (SSSR count). The van der Waals surface area contributed by atoms with Crippen molar-refractivity contribution in [2.24, 2.45) is 5.92 Å². The predicted octanol–water partition coefficient (Wildman–Crippen LogP) is 3.43. The zero-order chi connectivity index (χ0) is 18.7. The topological polar surface area (TPSA) is 70.2 Å². The number of carbonyl (C=O) groups is 2. The number of fused-ring (bicyclic) bond motifs is 2. The van der Waals surface area contributed by atoms with Crippen molar-refractivity contribution >= 4 is 51.9 Å². The van der Waals surface area contributed by atoms with E-state index in [-0.39, 0.29) is 22.6 Å². The minimum atomic E-state index is -0.618. The number of anilines is 1. The lowest BCUT2D eigenvalue weighted by Gasteiger charge is -2.28. The molecule has 27 heavy (non-hydrogen) atoms. The van der Waals surface area contributed by atoms with Gasteiger partial charge in [0, 0.05) is 15.7 Å². The first kappa shape index (κ1) is 16.9. The summed E-state index contributed by atoms with van der Waals surface area (Å²) in [6, 6.07) is 9.15. The van der Waals surface area contributed by atoms with Crippen molar-refractivity contribution in [3.63, 3.8) is 0 Å². The molecule has 4 heterocycles. The molecule has 2 aromatic heterocycles. The number of carbonyl (C=O) groups excluding carboxylic acids is 2. The van der Waals surface area contributed by atoms with Crippen LogP contribution in [0.1, 0.15) is 15.7 Å². The van der Waals surface area contributed by atoms with E-state index in [0.717, 1.165) is 26.0 Å². The third-order valence-corrected chi connectivity index (χ3v) is 8.11. The molecule has 3 aromatic rings. The van der Waals surface area contributed by atoms with Crippen molar-refractivity contribution in [1.82, 2.24) is 4.98 Å². The van der Waals surface area contributed by atoms with E-state index in [0.29, 0.717) is 10.7 Å². The Labute approximate surface area is 164 Å². The van der Waals surface area contributed by atoms with Gasteiger partial charge in [-0.2, -0.15) is 0 Å². The minimum absolute atomic E-state index is 0.190. The van der Waals surface area contributed by atoms with E-state index in [4.69, 9.17) is 0 Å². The van der Waals surface area contributed by atoms with Crippen LogP contribution in [0.15, 0.2) is 51.6 Å². The highest BCUT2D eigenvalue weighted by molar-refractivity contribution is 8.00. The number of halogens is 1. The highest BCUT2D eigenvalue weighted by Gasteiger charge is 2.56. The van der Waals surface area contributed by atoms with Crippen molar-refractivity contribution in [3.8, 4) is 0 Å². The van der Waals surface area contributed by atoms with Gasteiger partial charge in [-0.15, -0.1) is 11.3 Å². The number of thioether (sulfide) groups is 1. The smallest absolute Gasteiger partial charge is 0.305 e. The van der Waals surface area contributed by atoms with Crippen LogP contribution in [0.2, 0.25) is 0 Å². The fourth-order valence-electron chi connectivity index (χ4n) is 3.64. The Bertz CT molecular complexity index is 1100. The molecule has 2 aliphatic rings. The maximum Gasteiger partial charge on any atom is 0.305 e. The van der Waals surface area contributed by atoms with Crippen LogP contribution in [-0.4, -0.2) is 22.0 Å².